The molecular formula is C18H14N6O2. The molecule has 0 aliphatic heterocycles. The van der Waals surface area contributed by atoms with E-state index in [1.54, 1.807) is 48.9 Å². The summed E-state index contributed by atoms with van der Waals surface area (Å²) in [4.78, 5) is 23.1. The molecule has 3 aromatic rings. The van der Waals surface area contributed by atoms with Crippen LogP contribution in [0.2, 0.25) is 0 Å². The number of non-ortho nitro benzene ring substituents is 1. The minimum atomic E-state index is -0.447. The third-order valence-electron chi connectivity index (χ3n) is 3.27. The summed E-state index contributed by atoms with van der Waals surface area (Å²) in [6, 6.07) is 16.9. The highest BCUT2D eigenvalue weighted by atomic mass is 16.6. The van der Waals surface area contributed by atoms with E-state index in [9.17, 15) is 10.1 Å². The van der Waals surface area contributed by atoms with E-state index in [4.69, 9.17) is 0 Å². The van der Waals surface area contributed by atoms with Crippen LogP contribution in [-0.4, -0.2) is 26.9 Å². The molecule has 0 saturated carbocycles. The number of aliphatic imine (C=N–C) groups is 1. The van der Waals surface area contributed by atoms with Gasteiger partial charge in [-0.1, -0.05) is 12.1 Å². The van der Waals surface area contributed by atoms with Crippen LogP contribution < -0.4 is 5.43 Å². The molecule has 0 radical (unpaired) electrons. The quantitative estimate of drug-likeness (QED) is 0.331. The third-order valence-corrected chi connectivity index (χ3v) is 3.27. The molecule has 0 spiro atoms. The normalized spacial score (nSPS) is 11.5. The van der Waals surface area contributed by atoms with Crippen molar-refractivity contribution in [1.29, 1.82) is 0 Å². The van der Waals surface area contributed by atoms with Gasteiger partial charge in [0.25, 0.3) is 5.69 Å². The zero-order valence-electron chi connectivity index (χ0n) is 13.6. The van der Waals surface area contributed by atoms with E-state index in [0.717, 1.165) is 0 Å². The summed E-state index contributed by atoms with van der Waals surface area (Å²) in [5, 5.41) is 14.8. The lowest BCUT2D eigenvalue weighted by atomic mass is 10.2. The van der Waals surface area contributed by atoms with Gasteiger partial charge in [0.15, 0.2) is 11.7 Å². The molecule has 128 valence electrons. The maximum absolute atomic E-state index is 10.7. The lowest BCUT2D eigenvalue weighted by molar-refractivity contribution is -0.384. The van der Waals surface area contributed by atoms with Crippen molar-refractivity contribution in [3.63, 3.8) is 0 Å². The first-order valence-electron chi connectivity index (χ1n) is 7.67. The van der Waals surface area contributed by atoms with Crippen LogP contribution in [0, 0.1) is 10.1 Å². The van der Waals surface area contributed by atoms with Gasteiger partial charge in [0.1, 0.15) is 5.69 Å². The van der Waals surface area contributed by atoms with Crippen LogP contribution in [0.15, 0.2) is 83.2 Å². The summed E-state index contributed by atoms with van der Waals surface area (Å²) in [5.41, 5.74) is 4.20. The molecule has 0 fully saturated rings. The molecule has 0 aliphatic rings. The number of nitro groups is 1. The van der Waals surface area contributed by atoms with E-state index in [-0.39, 0.29) is 5.69 Å². The van der Waals surface area contributed by atoms with E-state index in [1.165, 1.54) is 12.1 Å². The van der Waals surface area contributed by atoms with Gasteiger partial charge in [0, 0.05) is 24.5 Å². The van der Waals surface area contributed by atoms with Crippen molar-refractivity contribution in [2.45, 2.75) is 0 Å². The number of benzene rings is 1. The zero-order chi connectivity index (χ0) is 18.2. The Kier molecular flexibility index (Phi) is 5.36. The Morgan fingerprint density at radius 3 is 2.35 bits per heavy atom. The maximum Gasteiger partial charge on any atom is 0.269 e. The number of hydrazone groups is 1. The van der Waals surface area contributed by atoms with Crippen molar-refractivity contribution in [3.05, 3.63) is 94.4 Å². The molecule has 0 unspecified atom stereocenters. The van der Waals surface area contributed by atoms with Crippen molar-refractivity contribution < 1.29 is 4.92 Å². The number of amidine groups is 1. The molecule has 0 amide bonds. The largest absolute Gasteiger partial charge is 0.269 e. The van der Waals surface area contributed by atoms with Crippen LogP contribution in [-0.2, 0) is 0 Å². The Morgan fingerprint density at radius 1 is 1.00 bits per heavy atom. The first kappa shape index (κ1) is 16.9. The molecule has 3 rings (SSSR count). The van der Waals surface area contributed by atoms with Crippen LogP contribution in [0.3, 0.4) is 0 Å². The molecule has 2 heterocycles. The van der Waals surface area contributed by atoms with E-state index in [1.807, 2.05) is 18.2 Å². The number of nitrogens with zero attached hydrogens (tertiary/aromatic N) is 5. The Balaban J connectivity index is 1.80. The SMILES string of the molecule is O=[N+]([O-])c1ccc(C=NNC(=Nc2ccccn2)c2ccccn2)cc1. The van der Waals surface area contributed by atoms with Crippen LogP contribution >= 0.6 is 0 Å². The summed E-state index contributed by atoms with van der Waals surface area (Å²) in [5.74, 6) is 0.952. The van der Waals surface area contributed by atoms with Gasteiger partial charge in [-0.25, -0.2) is 9.98 Å². The molecule has 8 heteroatoms. The second kappa shape index (κ2) is 8.25. The number of rotatable bonds is 5. The molecule has 1 N–H and O–H groups in total. The fourth-order valence-electron chi connectivity index (χ4n) is 2.03. The Labute approximate surface area is 149 Å². The number of nitrogens with one attached hydrogen (secondary N) is 1. The van der Waals surface area contributed by atoms with E-state index < -0.39 is 4.92 Å². The first-order chi connectivity index (χ1) is 12.7. The topological polar surface area (TPSA) is 106 Å². The molecule has 0 atom stereocenters. The molecule has 1 aromatic carbocycles. The molecule has 0 saturated heterocycles. The minimum Gasteiger partial charge on any atom is -0.259 e. The Bertz CT molecular complexity index is 925. The second-order valence-corrected chi connectivity index (χ2v) is 5.08. The highest BCUT2D eigenvalue weighted by molar-refractivity contribution is 5.98. The summed E-state index contributed by atoms with van der Waals surface area (Å²) in [6.07, 6.45) is 4.85. The number of hydrogen-bond acceptors (Lipinski definition) is 6. The van der Waals surface area contributed by atoms with Crippen LogP contribution in [0.5, 0.6) is 0 Å². The van der Waals surface area contributed by atoms with Gasteiger partial charge in [-0.3, -0.25) is 20.5 Å². The number of nitro benzene ring substituents is 1. The van der Waals surface area contributed by atoms with Gasteiger partial charge in [-0.15, -0.1) is 0 Å². The average Bonchev–Trinajstić information content (AvgIpc) is 2.69. The summed E-state index contributed by atoms with van der Waals surface area (Å²) in [7, 11) is 0. The smallest absolute Gasteiger partial charge is 0.259 e. The predicted octanol–water partition coefficient (Wildman–Crippen LogP) is 3.09. The second-order valence-electron chi connectivity index (χ2n) is 5.08. The summed E-state index contributed by atoms with van der Waals surface area (Å²) >= 11 is 0. The monoisotopic (exact) mass is 346 g/mol. The van der Waals surface area contributed by atoms with Crippen molar-refractivity contribution in [1.82, 2.24) is 15.4 Å². The van der Waals surface area contributed by atoms with Gasteiger partial charge >= 0.3 is 0 Å². The molecule has 2 aromatic heterocycles. The number of aromatic nitrogens is 2. The van der Waals surface area contributed by atoms with Crippen molar-refractivity contribution >= 4 is 23.6 Å². The van der Waals surface area contributed by atoms with Crippen LogP contribution in [0.1, 0.15) is 11.3 Å². The first-order valence-corrected chi connectivity index (χ1v) is 7.67. The van der Waals surface area contributed by atoms with Crippen LogP contribution in [0.4, 0.5) is 11.5 Å². The molecular weight excluding hydrogens is 332 g/mol. The maximum atomic E-state index is 10.7. The van der Waals surface area contributed by atoms with Gasteiger partial charge in [0.2, 0.25) is 0 Å². The standard InChI is InChI=1S/C18H14N6O2/c25-24(26)15-9-7-14(8-10-15)13-21-23-18(16-5-1-3-11-19-16)22-17-6-2-4-12-20-17/h1-13H,(H,20,22,23). The minimum absolute atomic E-state index is 0.0287. The van der Waals surface area contributed by atoms with E-state index >= 15 is 0 Å². The molecule has 0 bridgehead atoms. The fraction of sp³-hybridized carbons (Fsp3) is 0. The molecule has 8 nitrogen and oxygen atoms in total. The highest BCUT2D eigenvalue weighted by Crippen LogP contribution is 2.11. The van der Waals surface area contributed by atoms with E-state index in [0.29, 0.717) is 22.9 Å². The van der Waals surface area contributed by atoms with E-state index in [2.05, 4.69) is 25.5 Å². The average molecular weight is 346 g/mol. The van der Waals surface area contributed by atoms with Gasteiger partial charge < -0.3 is 0 Å². The molecule has 0 aliphatic carbocycles. The van der Waals surface area contributed by atoms with Crippen molar-refractivity contribution in [2.24, 2.45) is 10.1 Å². The number of hydrogen-bond donors (Lipinski definition) is 1. The summed E-state index contributed by atoms with van der Waals surface area (Å²) in [6.45, 7) is 0. The fourth-order valence-corrected chi connectivity index (χ4v) is 2.03. The zero-order valence-corrected chi connectivity index (χ0v) is 13.6. The Morgan fingerprint density at radius 2 is 1.73 bits per heavy atom. The van der Waals surface area contributed by atoms with Crippen molar-refractivity contribution in [2.75, 3.05) is 0 Å². The highest BCUT2D eigenvalue weighted by Gasteiger charge is 2.05. The number of pyridine rings is 2. The van der Waals surface area contributed by atoms with Crippen molar-refractivity contribution in [3.8, 4) is 0 Å². The third kappa shape index (κ3) is 4.54. The lowest BCUT2D eigenvalue weighted by Gasteiger charge is -2.04. The summed E-state index contributed by atoms with van der Waals surface area (Å²) < 4.78 is 0. The predicted molar refractivity (Wildman–Crippen MR) is 98.5 cm³/mol. The van der Waals surface area contributed by atoms with Gasteiger partial charge in [0.05, 0.1) is 11.1 Å². The molecule has 26 heavy (non-hydrogen) atoms. The van der Waals surface area contributed by atoms with Crippen LogP contribution in [0.25, 0.3) is 0 Å². The lowest BCUT2D eigenvalue weighted by Crippen LogP contribution is -2.20. The van der Waals surface area contributed by atoms with Gasteiger partial charge in [-0.2, -0.15) is 5.10 Å². The Hall–Kier alpha value is -3.94. The van der Waals surface area contributed by atoms with Gasteiger partial charge in [-0.05, 0) is 42.0 Å².